The van der Waals surface area contributed by atoms with E-state index in [-0.39, 0.29) is 11.7 Å². The summed E-state index contributed by atoms with van der Waals surface area (Å²) in [5.41, 5.74) is 7.44. The lowest BCUT2D eigenvalue weighted by Crippen LogP contribution is -2.48. The second-order valence-electron chi connectivity index (χ2n) is 5.00. The molecule has 0 unspecified atom stereocenters. The van der Waals surface area contributed by atoms with Crippen LogP contribution in [0.5, 0.6) is 5.75 Å². The van der Waals surface area contributed by atoms with Crippen LogP contribution in [0, 0.1) is 0 Å². The molecular weight excluding hydrogens is 286 g/mol. The Morgan fingerprint density at radius 1 is 1.10 bits per heavy atom. The van der Waals surface area contributed by atoms with Crippen LogP contribution in [0.25, 0.3) is 0 Å². The van der Waals surface area contributed by atoms with Gasteiger partial charge in [-0.1, -0.05) is 0 Å². The van der Waals surface area contributed by atoms with Crippen LogP contribution in [-0.4, -0.2) is 42.1 Å². The zero-order valence-corrected chi connectivity index (χ0v) is 12.3. The average Bonchev–Trinajstić information content (AvgIpc) is 2.94. The number of hydrogen-bond acceptors (Lipinski definition) is 5. The molecule has 0 aliphatic carbocycles. The largest absolute Gasteiger partial charge is 0.508 e. The van der Waals surface area contributed by atoms with E-state index < -0.39 is 0 Å². The summed E-state index contributed by atoms with van der Waals surface area (Å²) in [6, 6.07) is 8.91. The number of anilines is 2. The Labute approximate surface area is 127 Å². The van der Waals surface area contributed by atoms with E-state index in [9.17, 15) is 9.90 Å². The molecule has 21 heavy (non-hydrogen) atoms. The standard InChI is InChI=1S/C15H17N3O2S/c16-13-5-10-21-14(13)15(20)18-8-6-17(7-9-18)11-1-3-12(19)4-2-11/h1-5,10,19H,6-9,16H2. The Morgan fingerprint density at radius 3 is 2.33 bits per heavy atom. The molecule has 2 heterocycles. The fourth-order valence-corrected chi connectivity index (χ4v) is 3.25. The van der Waals surface area contributed by atoms with Crippen molar-refractivity contribution in [3.05, 3.63) is 40.6 Å². The molecule has 0 saturated carbocycles. The number of nitrogens with two attached hydrogens (primary N) is 1. The zero-order chi connectivity index (χ0) is 14.8. The molecule has 1 aromatic carbocycles. The van der Waals surface area contributed by atoms with Gasteiger partial charge < -0.3 is 20.6 Å². The molecule has 1 aromatic heterocycles. The average molecular weight is 303 g/mol. The molecule has 1 aliphatic rings. The van der Waals surface area contributed by atoms with Gasteiger partial charge in [-0.05, 0) is 35.7 Å². The Balaban J connectivity index is 1.64. The number of hydrogen-bond donors (Lipinski definition) is 2. The van der Waals surface area contributed by atoms with Crippen molar-refractivity contribution in [1.29, 1.82) is 0 Å². The number of phenolic OH excluding ortho intramolecular Hbond substituents is 1. The Kier molecular flexibility index (Phi) is 3.70. The molecule has 1 saturated heterocycles. The quantitative estimate of drug-likeness (QED) is 0.890. The van der Waals surface area contributed by atoms with Gasteiger partial charge in [0.15, 0.2) is 0 Å². The third-order valence-electron chi connectivity index (χ3n) is 3.67. The molecular formula is C15H17N3O2S. The highest BCUT2D eigenvalue weighted by Gasteiger charge is 2.24. The fraction of sp³-hybridized carbons (Fsp3) is 0.267. The van der Waals surface area contributed by atoms with Gasteiger partial charge in [-0.15, -0.1) is 11.3 Å². The minimum absolute atomic E-state index is 0.0212. The molecule has 110 valence electrons. The first-order valence-electron chi connectivity index (χ1n) is 6.81. The lowest BCUT2D eigenvalue weighted by molar-refractivity contribution is 0.0752. The van der Waals surface area contributed by atoms with E-state index in [1.54, 1.807) is 18.2 Å². The Morgan fingerprint density at radius 2 is 1.76 bits per heavy atom. The van der Waals surface area contributed by atoms with Crippen molar-refractivity contribution in [1.82, 2.24) is 4.90 Å². The van der Waals surface area contributed by atoms with Crippen molar-refractivity contribution in [2.75, 3.05) is 36.8 Å². The lowest BCUT2D eigenvalue weighted by Gasteiger charge is -2.36. The number of nitrogens with zero attached hydrogens (tertiary/aromatic N) is 2. The smallest absolute Gasteiger partial charge is 0.266 e. The van der Waals surface area contributed by atoms with E-state index in [2.05, 4.69) is 4.90 Å². The molecule has 2 aromatic rings. The maximum atomic E-state index is 12.4. The highest BCUT2D eigenvalue weighted by Crippen LogP contribution is 2.23. The second-order valence-corrected chi connectivity index (χ2v) is 5.92. The van der Waals surface area contributed by atoms with Gasteiger partial charge in [0.05, 0.1) is 5.69 Å². The second kappa shape index (κ2) is 5.65. The van der Waals surface area contributed by atoms with Gasteiger partial charge in [0.1, 0.15) is 10.6 Å². The molecule has 0 bridgehead atoms. The van der Waals surface area contributed by atoms with Gasteiger partial charge >= 0.3 is 0 Å². The number of nitrogen functional groups attached to an aromatic ring is 1. The van der Waals surface area contributed by atoms with Crippen LogP contribution in [0.3, 0.4) is 0 Å². The van der Waals surface area contributed by atoms with E-state index >= 15 is 0 Å². The highest BCUT2D eigenvalue weighted by molar-refractivity contribution is 7.12. The Hall–Kier alpha value is -2.21. The van der Waals surface area contributed by atoms with E-state index in [0.29, 0.717) is 23.7 Å². The summed E-state index contributed by atoms with van der Waals surface area (Å²) < 4.78 is 0. The van der Waals surface area contributed by atoms with Crippen molar-refractivity contribution in [2.45, 2.75) is 0 Å². The van der Waals surface area contributed by atoms with Gasteiger partial charge in [0, 0.05) is 31.9 Å². The third kappa shape index (κ3) is 2.80. The predicted molar refractivity (Wildman–Crippen MR) is 85.0 cm³/mol. The maximum Gasteiger partial charge on any atom is 0.266 e. The molecule has 1 amide bonds. The van der Waals surface area contributed by atoms with Gasteiger partial charge in [-0.25, -0.2) is 0 Å². The number of piperazine rings is 1. The number of carbonyl (C=O) groups is 1. The van der Waals surface area contributed by atoms with Crippen LogP contribution in [0.1, 0.15) is 9.67 Å². The van der Waals surface area contributed by atoms with Crippen LogP contribution in [-0.2, 0) is 0 Å². The van der Waals surface area contributed by atoms with Crippen molar-refractivity contribution in [2.24, 2.45) is 0 Å². The van der Waals surface area contributed by atoms with Gasteiger partial charge in [0.2, 0.25) is 0 Å². The predicted octanol–water partition coefficient (Wildman–Crippen LogP) is 2.00. The summed E-state index contributed by atoms with van der Waals surface area (Å²) >= 11 is 1.39. The van der Waals surface area contributed by atoms with E-state index in [0.717, 1.165) is 18.8 Å². The van der Waals surface area contributed by atoms with Crippen molar-refractivity contribution < 1.29 is 9.90 Å². The monoisotopic (exact) mass is 303 g/mol. The number of phenols is 1. The van der Waals surface area contributed by atoms with Crippen LogP contribution >= 0.6 is 11.3 Å². The summed E-state index contributed by atoms with van der Waals surface area (Å²) in [6.45, 7) is 2.91. The molecule has 1 fully saturated rings. The molecule has 6 heteroatoms. The Bertz CT molecular complexity index is 631. The van der Waals surface area contributed by atoms with Crippen LogP contribution in [0.4, 0.5) is 11.4 Å². The summed E-state index contributed by atoms with van der Waals surface area (Å²) in [5.74, 6) is 0.286. The number of rotatable bonds is 2. The van der Waals surface area contributed by atoms with Gasteiger partial charge in [-0.3, -0.25) is 4.79 Å². The molecule has 0 radical (unpaired) electrons. The van der Waals surface area contributed by atoms with Crippen molar-refractivity contribution in [3.8, 4) is 5.75 Å². The molecule has 3 N–H and O–H groups in total. The molecule has 3 rings (SSSR count). The summed E-state index contributed by atoms with van der Waals surface area (Å²) in [7, 11) is 0. The van der Waals surface area contributed by atoms with Crippen LogP contribution in [0.15, 0.2) is 35.7 Å². The van der Waals surface area contributed by atoms with Crippen molar-refractivity contribution >= 4 is 28.6 Å². The molecule has 5 nitrogen and oxygen atoms in total. The summed E-state index contributed by atoms with van der Waals surface area (Å²) in [6.07, 6.45) is 0. The van der Waals surface area contributed by atoms with Crippen LogP contribution in [0.2, 0.25) is 0 Å². The first-order chi connectivity index (χ1) is 10.1. The maximum absolute atomic E-state index is 12.4. The van der Waals surface area contributed by atoms with E-state index in [1.807, 2.05) is 22.4 Å². The van der Waals surface area contributed by atoms with Gasteiger partial charge in [0.25, 0.3) is 5.91 Å². The minimum atomic E-state index is 0.0212. The SMILES string of the molecule is Nc1ccsc1C(=O)N1CCN(c2ccc(O)cc2)CC1. The topological polar surface area (TPSA) is 69.8 Å². The number of amides is 1. The minimum Gasteiger partial charge on any atom is -0.508 e. The highest BCUT2D eigenvalue weighted by atomic mass is 32.1. The normalized spacial score (nSPS) is 15.2. The number of benzene rings is 1. The van der Waals surface area contributed by atoms with E-state index in [1.165, 1.54) is 11.3 Å². The third-order valence-corrected chi connectivity index (χ3v) is 4.59. The summed E-state index contributed by atoms with van der Waals surface area (Å²) in [4.78, 5) is 17.1. The number of thiophene rings is 1. The molecule has 0 spiro atoms. The molecule has 0 atom stereocenters. The van der Waals surface area contributed by atoms with Crippen molar-refractivity contribution in [3.63, 3.8) is 0 Å². The van der Waals surface area contributed by atoms with Gasteiger partial charge in [-0.2, -0.15) is 0 Å². The first kappa shape index (κ1) is 13.8. The lowest BCUT2D eigenvalue weighted by atomic mass is 10.2. The zero-order valence-electron chi connectivity index (χ0n) is 11.5. The first-order valence-corrected chi connectivity index (χ1v) is 7.69. The number of aromatic hydroxyl groups is 1. The summed E-state index contributed by atoms with van der Waals surface area (Å²) in [5, 5.41) is 11.2. The van der Waals surface area contributed by atoms with E-state index in [4.69, 9.17) is 5.73 Å². The van der Waals surface area contributed by atoms with Crippen LogP contribution < -0.4 is 10.6 Å². The number of carbonyl (C=O) groups excluding carboxylic acids is 1. The fourth-order valence-electron chi connectivity index (χ4n) is 2.47. The molecule has 1 aliphatic heterocycles.